The summed E-state index contributed by atoms with van der Waals surface area (Å²) in [7, 11) is -0.874. The summed E-state index contributed by atoms with van der Waals surface area (Å²) in [5.74, 6) is -0.267. The van der Waals surface area contributed by atoms with Gasteiger partial charge >= 0.3 is 0 Å². The van der Waals surface area contributed by atoms with Crippen molar-refractivity contribution in [2.75, 3.05) is 27.3 Å². The number of carbonyl (C=O) groups excluding carboxylic acids is 1. The second-order valence-corrected chi connectivity index (χ2v) is 9.44. The number of rotatable bonds is 7. The fourth-order valence-corrected chi connectivity index (χ4v) is 5.21. The Kier molecular flexibility index (Phi) is 7.17. The van der Waals surface area contributed by atoms with Gasteiger partial charge in [-0.15, -0.1) is 0 Å². The maximum Gasteiger partial charge on any atom is 0.243 e. The summed E-state index contributed by atoms with van der Waals surface area (Å²) < 4.78 is 51.2. The van der Waals surface area contributed by atoms with E-state index in [0.717, 1.165) is 5.56 Å². The lowest BCUT2D eigenvalue weighted by atomic mass is 9.98. The van der Waals surface area contributed by atoms with Crippen molar-refractivity contribution in [3.05, 3.63) is 53.8 Å². The van der Waals surface area contributed by atoms with Crippen LogP contribution in [0, 0.1) is 11.7 Å². The summed E-state index contributed by atoms with van der Waals surface area (Å²) in [5.41, 5.74) is 0.778. The van der Waals surface area contributed by atoms with Gasteiger partial charge in [0.15, 0.2) is 11.5 Å². The first kappa shape index (κ1) is 23.0. The second kappa shape index (κ2) is 9.65. The molecule has 0 spiro atoms. The molecule has 0 unspecified atom stereocenters. The number of amides is 1. The van der Waals surface area contributed by atoms with E-state index >= 15 is 0 Å². The van der Waals surface area contributed by atoms with Gasteiger partial charge in [0.2, 0.25) is 15.9 Å². The molecule has 9 heteroatoms. The first-order valence-electron chi connectivity index (χ1n) is 10.0. The Morgan fingerprint density at radius 1 is 1.13 bits per heavy atom. The Labute approximate surface area is 182 Å². The van der Waals surface area contributed by atoms with Gasteiger partial charge < -0.3 is 14.8 Å². The molecule has 1 amide bonds. The standard InChI is InChI=1S/C22H27FN2O5S/c1-15(16-6-8-18(23)9-7-16)24-22(26)17-5-4-12-25(14-17)31(27,28)19-10-11-20(29-2)21(13-19)30-3/h6-11,13,15,17H,4-5,12,14H2,1-3H3,(H,24,26)/t15-,17+/m1/s1. The zero-order chi connectivity index (χ0) is 22.6. The summed E-state index contributed by atoms with van der Waals surface area (Å²) in [6.45, 7) is 2.25. The van der Waals surface area contributed by atoms with Crippen molar-refractivity contribution < 1.29 is 27.1 Å². The third kappa shape index (κ3) is 5.16. The molecule has 1 N–H and O–H groups in total. The molecule has 2 aromatic carbocycles. The summed E-state index contributed by atoms with van der Waals surface area (Å²) in [4.78, 5) is 12.9. The van der Waals surface area contributed by atoms with Crippen molar-refractivity contribution in [3.63, 3.8) is 0 Å². The fourth-order valence-electron chi connectivity index (χ4n) is 3.67. The number of sulfonamides is 1. The number of halogens is 1. The van der Waals surface area contributed by atoms with Crippen LogP contribution in [-0.4, -0.2) is 45.9 Å². The molecule has 0 saturated carbocycles. The molecule has 2 atom stereocenters. The van der Waals surface area contributed by atoms with E-state index in [4.69, 9.17) is 9.47 Å². The second-order valence-electron chi connectivity index (χ2n) is 7.50. The van der Waals surface area contributed by atoms with Crippen LogP contribution >= 0.6 is 0 Å². The zero-order valence-electron chi connectivity index (χ0n) is 17.8. The lowest BCUT2D eigenvalue weighted by molar-refractivity contribution is -0.126. The van der Waals surface area contributed by atoms with E-state index in [9.17, 15) is 17.6 Å². The summed E-state index contributed by atoms with van der Waals surface area (Å²) in [6.07, 6.45) is 1.18. The van der Waals surface area contributed by atoms with Gasteiger partial charge in [0.1, 0.15) is 5.82 Å². The Morgan fingerprint density at radius 3 is 2.45 bits per heavy atom. The van der Waals surface area contributed by atoms with Gasteiger partial charge in [0, 0.05) is 19.2 Å². The highest BCUT2D eigenvalue weighted by Gasteiger charge is 2.34. The molecule has 1 heterocycles. The SMILES string of the molecule is COc1ccc(S(=O)(=O)N2CCC[C@H](C(=O)N[C@H](C)c3ccc(F)cc3)C2)cc1OC. The van der Waals surface area contributed by atoms with Crippen molar-refractivity contribution in [2.45, 2.75) is 30.7 Å². The van der Waals surface area contributed by atoms with Gasteiger partial charge in [-0.1, -0.05) is 12.1 Å². The number of hydrogen-bond donors (Lipinski definition) is 1. The van der Waals surface area contributed by atoms with Gasteiger partial charge in [-0.25, -0.2) is 12.8 Å². The normalized spacial score (nSPS) is 18.3. The van der Waals surface area contributed by atoms with Crippen molar-refractivity contribution in [3.8, 4) is 11.5 Å². The highest BCUT2D eigenvalue weighted by molar-refractivity contribution is 7.89. The number of hydrogen-bond acceptors (Lipinski definition) is 5. The van der Waals surface area contributed by atoms with E-state index in [-0.39, 0.29) is 29.2 Å². The minimum absolute atomic E-state index is 0.0888. The molecule has 0 aromatic heterocycles. The molecule has 1 fully saturated rings. The molecule has 1 aliphatic heterocycles. The molecule has 0 radical (unpaired) electrons. The smallest absolute Gasteiger partial charge is 0.243 e. The van der Waals surface area contributed by atoms with E-state index in [1.54, 1.807) is 18.2 Å². The number of nitrogens with one attached hydrogen (secondary N) is 1. The fraction of sp³-hybridized carbons (Fsp3) is 0.409. The molecule has 1 aliphatic rings. The van der Waals surface area contributed by atoms with Crippen molar-refractivity contribution in [1.29, 1.82) is 0 Å². The minimum atomic E-state index is -3.80. The average Bonchev–Trinajstić information content (AvgIpc) is 2.78. The monoisotopic (exact) mass is 450 g/mol. The summed E-state index contributed by atoms with van der Waals surface area (Å²) >= 11 is 0. The minimum Gasteiger partial charge on any atom is -0.493 e. The van der Waals surface area contributed by atoms with E-state index in [0.29, 0.717) is 30.9 Å². The number of ether oxygens (including phenoxy) is 2. The van der Waals surface area contributed by atoms with Crippen LogP contribution in [0.25, 0.3) is 0 Å². The van der Waals surface area contributed by atoms with E-state index in [1.165, 1.54) is 42.8 Å². The average molecular weight is 451 g/mol. The first-order valence-corrected chi connectivity index (χ1v) is 11.5. The maximum atomic E-state index is 13.2. The van der Waals surface area contributed by atoms with Gasteiger partial charge in [-0.3, -0.25) is 4.79 Å². The molecule has 31 heavy (non-hydrogen) atoms. The lowest BCUT2D eigenvalue weighted by Gasteiger charge is -2.32. The molecule has 0 aliphatic carbocycles. The highest BCUT2D eigenvalue weighted by atomic mass is 32.2. The molecule has 3 rings (SSSR count). The number of piperidine rings is 1. The highest BCUT2D eigenvalue weighted by Crippen LogP contribution is 2.32. The van der Waals surface area contributed by atoms with Crippen LogP contribution in [0.4, 0.5) is 4.39 Å². The lowest BCUT2D eigenvalue weighted by Crippen LogP contribution is -2.45. The molecule has 0 bridgehead atoms. The number of benzene rings is 2. The molecular formula is C22H27FN2O5S. The van der Waals surface area contributed by atoms with Crippen molar-refractivity contribution in [1.82, 2.24) is 9.62 Å². The zero-order valence-corrected chi connectivity index (χ0v) is 18.6. The van der Waals surface area contributed by atoms with Gasteiger partial charge in [0.05, 0.1) is 31.1 Å². The topological polar surface area (TPSA) is 84.9 Å². The van der Waals surface area contributed by atoms with Gasteiger partial charge in [-0.05, 0) is 49.6 Å². The first-order chi connectivity index (χ1) is 14.8. The molecular weight excluding hydrogens is 423 g/mol. The predicted molar refractivity (Wildman–Crippen MR) is 114 cm³/mol. The van der Waals surface area contributed by atoms with Crippen LogP contribution in [0.1, 0.15) is 31.4 Å². The molecule has 1 saturated heterocycles. The van der Waals surface area contributed by atoms with Crippen LogP contribution in [0.3, 0.4) is 0 Å². The molecule has 168 valence electrons. The van der Waals surface area contributed by atoms with Crippen molar-refractivity contribution >= 4 is 15.9 Å². The Morgan fingerprint density at radius 2 is 1.81 bits per heavy atom. The van der Waals surface area contributed by atoms with Crippen molar-refractivity contribution in [2.24, 2.45) is 5.92 Å². The quantitative estimate of drug-likeness (QED) is 0.701. The third-order valence-electron chi connectivity index (χ3n) is 5.48. The van der Waals surface area contributed by atoms with Crippen LogP contribution < -0.4 is 14.8 Å². The van der Waals surface area contributed by atoms with E-state index in [2.05, 4.69) is 5.32 Å². The summed E-state index contributed by atoms with van der Waals surface area (Å²) in [6, 6.07) is 10.1. The predicted octanol–water partition coefficient (Wildman–Crippen LogP) is 3.12. The van der Waals surface area contributed by atoms with E-state index < -0.39 is 15.9 Å². The summed E-state index contributed by atoms with van der Waals surface area (Å²) in [5, 5.41) is 2.91. The Balaban J connectivity index is 1.71. The number of carbonyl (C=O) groups is 1. The van der Waals surface area contributed by atoms with E-state index in [1.807, 2.05) is 6.92 Å². The van der Waals surface area contributed by atoms with Gasteiger partial charge in [0.25, 0.3) is 0 Å². The molecule has 7 nitrogen and oxygen atoms in total. The maximum absolute atomic E-state index is 13.2. The Bertz CT molecular complexity index is 1030. The molecule has 2 aromatic rings. The Hall–Kier alpha value is -2.65. The van der Waals surface area contributed by atoms with Crippen LogP contribution in [0.2, 0.25) is 0 Å². The number of methoxy groups -OCH3 is 2. The largest absolute Gasteiger partial charge is 0.493 e. The van der Waals surface area contributed by atoms with Crippen LogP contribution in [-0.2, 0) is 14.8 Å². The van der Waals surface area contributed by atoms with Gasteiger partial charge in [-0.2, -0.15) is 4.31 Å². The van der Waals surface area contributed by atoms with Crippen LogP contribution in [0.15, 0.2) is 47.4 Å². The van der Waals surface area contributed by atoms with Crippen LogP contribution in [0.5, 0.6) is 11.5 Å². The number of nitrogens with zero attached hydrogens (tertiary/aromatic N) is 1. The third-order valence-corrected chi connectivity index (χ3v) is 7.34.